The third-order valence-electron chi connectivity index (χ3n) is 5.13. The minimum Gasteiger partial charge on any atom is -0.493 e. The summed E-state index contributed by atoms with van der Waals surface area (Å²) in [5.74, 6) is 1.60. The summed E-state index contributed by atoms with van der Waals surface area (Å²) >= 11 is 1.39. The van der Waals surface area contributed by atoms with Crippen LogP contribution in [0.2, 0.25) is 0 Å². The van der Waals surface area contributed by atoms with Gasteiger partial charge in [0, 0.05) is 5.69 Å². The zero-order valence-electron chi connectivity index (χ0n) is 18.3. The van der Waals surface area contributed by atoms with Crippen LogP contribution in [0.25, 0.3) is 6.08 Å². The van der Waals surface area contributed by atoms with Gasteiger partial charge in [-0.25, -0.2) is 4.99 Å². The van der Waals surface area contributed by atoms with Crippen molar-refractivity contribution in [2.24, 2.45) is 4.99 Å². The molecule has 4 rings (SSSR count). The highest BCUT2D eigenvalue weighted by molar-refractivity contribution is 7.07. The molecule has 0 N–H and O–H groups in total. The van der Waals surface area contributed by atoms with Gasteiger partial charge in [-0.05, 0) is 60.9 Å². The van der Waals surface area contributed by atoms with Crippen LogP contribution in [-0.4, -0.2) is 32.6 Å². The van der Waals surface area contributed by atoms with Crippen molar-refractivity contribution in [2.75, 3.05) is 32.9 Å². The van der Waals surface area contributed by atoms with Crippen LogP contribution in [0.15, 0.2) is 40.1 Å². The fourth-order valence-corrected chi connectivity index (χ4v) is 4.71. The van der Waals surface area contributed by atoms with Crippen LogP contribution < -0.4 is 34.0 Å². The maximum atomic E-state index is 13.1. The van der Waals surface area contributed by atoms with Gasteiger partial charge >= 0.3 is 0 Å². The van der Waals surface area contributed by atoms with Crippen molar-refractivity contribution in [2.45, 2.75) is 20.5 Å². The molecule has 0 aliphatic carbocycles. The smallest absolute Gasteiger partial charge is 0.271 e. The highest BCUT2D eigenvalue weighted by Gasteiger charge is 2.17. The van der Waals surface area contributed by atoms with Gasteiger partial charge in [0.2, 0.25) is 5.75 Å². The van der Waals surface area contributed by atoms with Gasteiger partial charge in [0.15, 0.2) is 16.3 Å². The number of aryl methyl sites for hydroxylation is 2. The van der Waals surface area contributed by atoms with Crippen LogP contribution in [0, 0.1) is 13.8 Å². The Bertz CT molecular complexity index is 1260. The molecule has 1 aliphatic heterocycles. The monoisotopic (exact) mass is 439 g/mol. The van der Waals surface area contributed by atoms with E-state index in [1.165, 1.54) is 22.5 Å². The van der Waals surface area contributed by atoms with Gasteiger partial charge in [0.25, 0.3) is 5.56 Å². The Kier molecular flexibility index (Phi) is 5.73. The molecule has 0 fully saturated rings. The fourth-order valence-electron chi connectivity index (χ4n) is 3.74. The maximum absolute atomic E-state index is 13.1. The molecule has 3 aromatic rings. The van der Waals surface area contributed by atoms with E-state index in [1.807, 2.05) is 18.2 Å². The van der Waals surface area contributed by atoms with E-state index in [0.29, 0.717) is 35.1 Å². The standard InChI is InChI=1S/C23H25N3O4S/c1-14-6-15(2)8-17(7-14)25-12-24-23-26(13-25)22(27)20(31-23)11-16-9-18(28-3)21(30-5)19(10-16)29-4/h6-11H,12-13H2,1-5H3/b20-11-. The lowest BCUT2D eigenvalue weighted by Crippen LogP contribution is -2.42. The van der Waals surface area contributed by atoms with E-state index in [0.717, 1.165) is 16.1 Å². The highest BCUT2D eigenvalue weighted by atomic mass is 32.1. The molecule has 1 aliphatic rings. The first-order valence-corrected chi connectivity index (χ1v) is 10.6. The van der Waals surface area contributed by atoms with E-state index in [2.05, 4.69) is 41.9 Å². The van der Waals surface area contributed by atoms with Gasteiger partial charge in [-0.2, -0.15) is 0 Å². The van der Waals surface area contributed by atoms with Crippen molar-refractivity contribution >= 4 is 23.1 Å². The average Bonchev–Trinajstić information content (AvgIpc) is 3.06. The number of benzene rings is 2. The third kappa shape index (κ3) is 4.03. The fraction of sp³-hybridized carbons (Fsp3) is 0.304. The lowest BCUT2D eigenvalue weighted by atomic mass is 10.1. The molecule has 8 heteroatoms. The van der Waals surface area contributed by atoms with Gasteiger partial charge in [-0.15, -0.1) is 0 Å². The molecule has 2 heterocycles. The van der Waals surface area contributed by atoms with Gasteiger partial charge in [-0.1, -0.05) is 17.4 Å². The number of hydrogen-bond donors (Lipinski definition) is 0. The summed E-state index contributed by atoms with van der Waals surface area (Å²) in [5, 5.41) is 0. The zero-order valence-corrected chi connectivity index (χ0v) is 19.1. The molecule has 0 radical (unpaired) electrons. The first kappa shape index (κ1) is 21.0. The molecule has 0 spiro atoms. The van der Waals surface area contributed by atoms with Crippen molar-refractivity contribution in [3.8, 4) is 17.2 Å². The number of nitrogens with zero attached hydrogens (tertiary/aromatic N) is 3. The number of ether oxygens (including phenoxy) is 3. The number of anilines is 1. The van der Waals surface area contributed by atoms with E-state index in [1.54, 1.807) is 25.9 Å². The molecule has 162 valence electrons. The normalized spacial score (nSPS) is 13.6. The topological polar surface area (TPSA) is 65.3 Å². The summed E-state index contributed by atoms with van der Waals surface area (Å²) in [6.07, 6.45) is 1.83. The lowest BCUT2D eigenvalue weighted by molar-refractivity contribution is 0.324. The van der Waals surface area contributed by atoms with Crippen molar-refractivity contribution < 1.29 is 14.2 Å². The predicted molar refractivity (Wildman–Crippen MR) is 122 cm³/mol. The molecule has 0 saturated carbocycles. The van der Waals surface area contributed by atoms with Crippen LogP contribution in [0.1, 0.15) is 16.7 Å². The van der Waals surface area contributed by atoms with Crippen molar-refractivity contribution in [1.82, 2.24) is 4.57 Å². The van der Waals surface area contributed by atoms with Gasteiger partial charge < -0.3 is 19.1 Å². The molecular formula is C23H25N3O4S. The Hall–Kier alpha value is -3.26. The molecule has 0 bridgehead atoms. The molecule has 31 heavy (non-hydrogen) atoms. The van der Waals surface area contributed by atoms with Crippen molar-refractivity contribution in [3.05, 3.63) is 66.7 Å². The Labute approximate surface area is 184 Å². The van der Waals surface area contributed by atoms with Crippen LogP contribution in [0.4, 0.5) is 5.69 Å². The first-order valence-electron chi connectivity index (χ1n) is 9.82. The highest BCUT2D eigenvalue weighted by Crippen LogP contribution is 2.38. The second-order valence-corrected chi connectivity index (χ2v) is 8.42. The van der Waals surface area contributed by atoms with E-state index >= 15 is 0 Å². The maximum Gasteiger partial charge on any atom is 0.271 e. The quantitative estimate of drug-likeness (QED) is 0.611. The SMILES string of the molecule is COc1cc(/C=c2\sc3n(c2=O)CN(c2cc(C)cc(C)c2)CN=3)cc(OC)c1OC. The molecule has 0 unspecified atom stereocenters. The molecule has 1 aromatic heterocycles. The Balaban J connectivity index is 1.74. The third-order valence-corrected chi connectivity index (χ3v) is 6.18. The molecule has 0 saturated heterocycles. The van der Waals surface area contributed by atoms with Crippen molar-refractivity contribution in [1.29, 1.82) is 0 Å². The minimum atomic E-state index is -0.0634. The van der Waals surface area contributed by atoms with Crippen LogP contribution >= 0.6 is 11.3 Å². The summed E-state index contributed by atoms with van der Waals surface area (Å²) < 4.78 is 18.5. The predicted octanol–water partition coefficient (Wildman–Crippen LogP) is 2.44. The van der Waals surface area contributed by atoms with Gasteiger partial charge in [-0.3, -0.25) is 9.36 Å². The second kappa shape index (κ2) is 8.47. The number of fused-ring (bicyclic) bond motifs is 1. The van der Waals surface area contributed by atoms with Crippen molar-refractivity contribution in [3.63, 3.8) is 0 Å². The summed E-state index contributed by atoms with van der Waals surface area (Å²) in [6.45, 7) is 5.14. The summed E-state index contributed by atoms with van der Waals surface area (Å²) in [7, 11) is 4.70. The molecule has 0 atom stereocenters. The number of thiazole rings is 1. The average molecular weight is 440 g/mol. The van der Waals surface area contributed by atoms with Gasteiger partial charge in [0.05, 0.1) is 25.9 Å². The number of aromatic nitrogens is 1. The Morgan fingerprint density at radius 1 is 0.968 bits per heavy atom. The second-order valence-electron chi connectivity index (χ2n) is 7.41. The van der Waals surface area contributed by atoms with E-state index < -0.39 is 0 Å². The molecular weight excluding hydrogens is 414 g/mol. The number of methoxy groups -OCH3 is 3. The Morgan fingerprint density at radius 2 is 1.61 bits per heavy atom. The van der Waals surface area contributed by atoms with Crippen LogP contribution in [0.3, 0.4) is 0 Å². The summed E-state index contributed by atoms with van der Waals surface area (Å²) in [4.78, 5) is 20.6. The lowest BCUT2D eigenvalue weighted by Gasteiger charge is -2.26. The molecule has 7 nitrogen and oxygen atoms in total. The first-order chi connectivity index (χ1) is 14.9. The van der Waals surface area contributed by atoms with E-state index in [-0.39, 0.29) is 5.56 Å². The molecule has 0 amide bonds. The largest absolute Gasteiger partial charge is 0.493 e. The zero-order chi connectivity index (χ0) is 22.1. The minimum absolute atomic E-state index is 0.0634. The summed E-state index contributed by atoms with van der Waals surface area (Å²) in [5.41, 5.74) is 4.17. The van der Waals surface area contributed by atoms with E-state index in [9.17, 15) is 4.79 Å². The van der Waals surface area contributed by atoms with Gasteiger partial charge in [0.1, 0.15) is 13.3 Å². The molecule has 2 aromatic carbocycles. The van der Waals surface area contributed by atoms with Crippen LogP contribution in [0.5, 0.6) is 17.2 Å². The number of rotatable bonds is 5. The summed E-state index contributed by atoms with van der Waals surface area (Å²) in [6, 6.07) is 10.0. The van der Waals surface area contributed by atoms with E-state index in [4.69, 9.17) is 14.2 Å². The Morgan fingerprint density at radius 3 is 2.19 bits per heavy atom. The number of hydrogen-bond acceptors (Lipinski definition) is 7. The van der Waals surface area contributed by atoms with Crippen LogP contribution in [-0.2, 0) is 6.67 Å².